The van der Waals surface area contributed by atoms with Gasteiger partial charge in [-0.3, -0.25) is 9.59 Å². The monoisotopic (exact) mass is 441 g/mol. The molecule has 7 nitrogen and oxygen atoms in total. The van der Waals surface area contributed by atoms with Crippen LogP contribution < -0.4 is 15.4 Å². The quantitative estimate of drug-likeness (QED) is 0.509. The summed E-state index contributed by atoms with van der Waals surface area (Å²) in [7, 11) is 0. The fourth-order valence-corrected chi connectivity index (χ4v) is 3.49. The molecule has 1 aromatic carbocycles. The molecule has 32 heavy (non-hydrogen) atoms. The molecule has 2 N–H and O–H groups in total. The molecule has 2 amide bonds. The first-order valence-corrected chi connectivity index (χ1v) is 11.6. The molecule has 2 atom stereocenters. The zero-order valence-corrected chi connectivity index (χ0v) is 19.5. The van der Waals surface area contributed by atoms with Crippen molar-refractivity contribution in [2.45, 2.75) is 52.9 Å². The zero-order valence-electron chi connectivity index (χ0n) is 19.5. The minimum atomic E-state index is -0.129. The van der Waals surface area contributed by atoms with Crippen LogP contribution in [0.4, 0.5) is 0 Å². The van der Waals surface area contributed by atoms with E-state index in [0.29, 0.717) is 48.4 Å². The van der Waals surface area contributed by atoms with Crippen LogP contribution in [0.1, 0.15) is 79.4 Å². The van der Waals surface area contributed by atoms with E-state index in [4.69, 9.17) is 9.26 Å². The minimum Gasteiger partial charge on any atom is -0.493 e. The van der Waals surface area contributed by atoms with E-state index in [-0.39, 0.29) is 23.7 Å². The Bertz CT molecular complexity index is 889. The van der Waals surface area contributed by atoms with Gasteiger partial charge >= 0.3 is 0 Å². The number of amides is 2. The van der Waals surface area contributed by atoms with Crippen molar-refractivity contribution in [3.8, 4) is 5.75 Å². The lowest BCUT2D eigenvalue weighted by atomic mass is 10.1. The molecule has 2 aromatic rings. The summed E-state index contributed by atoms with van der Waals surface area (Å²) in [5.74, 6) is 2.70. The van der Waals surface area contributed by atoms with Crippen molar-refractivity contribution in [1.82, 2.24) is 15.8 Å². The molecule has 0 radical (unpaired) electrons. The van der Waals surface area contributed by atoms with Crippen LogP contribution in [0, 0.1) is 17.8 Å². The zero-order chi connectivity index (χ0) is 23.1. The lowest BCUT2D eigenvalue weighted by Crippen LogP contribution is -2.25. The summed E-state index contributed by atoms with van der Waals surface area (Å²) in [4.78, 5) is 24.6. The number of hydrogen-bond acceptors (Lipinski definition) is 5. The Hall–Kier alpha value is -2.83. The fraction of sp³-hybridized carbons (Fsp3) is 0.560. The van der Waals surface area contributed by atoms with E-state index in [1.165, 1.54) is 6.20 Å². The predicted octanol–water partition coefficient (Wildman–Crippen LogP) is 4.41. The second-order valence-corrected chi connectivity index (χ2v) is 9.42. The van der Waals surface area contributed by atoms with Crippen molar-refractivity contribution in [2.24, 2.45) is 17.8 Å². The first kappa shape index (κ1) is 23.8. The van der Waals surface area contributed by atoms with Crippen molar-refractivity contribution in [3.05, 3.63) is 47.3 Å². The number of aromatic nitrogens is 1. The topological polar surface area (TPSA) is 93.5 Å². The van der Waals surface area contributed by atoms with E-state index in [2.05, 4.69) is 43.5 Å². The van der Waals surface area contributed by atoms with Crippen LogP contribution in [0.3, 0.4) is 0 Å². The number of rotatable bonds is 12. The Morgan fingerprint density at radius 2 is 1.66 bits per heavy atom. The van der Waals surface area contributed by atoms with Gasteiger partial charge in [-0.25, -0.2) is 0 Å². The molecule has 1 saturated carbocycles. The summed E-state index contributed by atoms with van der Waals surface area (Å²) in [5.41, 5.74) is 1.15. The molecule has 0 bridgehead atoms. The number of nitrogens with one attached hydrogen (secondary N) is 2. The average Bonchev–Trinajstić information content (AvgIpc) is 3.35. The van der Waals surface area contributed by atoms with Crippen LogP contribution in [-0.2, 0) is 0 Å². The molecule has 2 unspecified atom stereocenters. The standard InChI is InChI=1S/C25H35N3O4/c1-16(2)9-11-26-24(29)18-5-7-20(8-6-18)31-15-19-13-21(19)23-22(14-28-32-23)25(30)27-12-10-17(3)4/h5-8,14,16-17,19,21H,9-13,15H2,1-4H3,(H,26,29)(H,27,30). The summed E-state index contributed by atoms with van der Waals surface area (Å²) in [6, 6.07) is 7.19. The highest BCUT2D eigenvalue weighted by atomic mass is 16.5. The van der Waals surface area contributed by atoms with Crippen LogP contribution in [-0.4, -0.2) is 36.7 Å². The predicted molar refractivity (Wildman–Crippen MR) is 123 cm³/mol. The molecule has 1 aromatic heterocycles. The van der Waals surface area contributed by atoms with E-state index in [0.717, 1.165) is 25.0 Å². The SMILES string of the molecule is CC(C)CCNC(=O)c1ccc(OCC2CC2c2oncc2C(=O)NCCC(C)C)cc1. The molecule has 1 heterocycles. The molecule has 0 spiro atoms. The number of carbonyl (C=O) groups is 2. The molecule has 1 fully saturated rings. The third-order valence-corrected chi connectivity index (χ3v) is 5.70. The molecule has 7 heteroatoms. The van der Waals surface area contributed by atoms with Crippen molar-refractivity contribution >= 4 is 11.8 Å². The third-order valence-electron chi connectivity index (χ3n) is 5.70. The maximum Gasteiger partial charge on any atom is 0.256 e. The van der Waals surface area contributed by atoms with E-state index < -0.39 is 0 Å². The molecule has 0 aliphatic heterocycles. The van der Waals surface area contributed by atoms with Gasteiger partial charge in [0.05, 0.1) is 12.8 Å². The Morgan fingerprint density at radius 1 is 1.03 bits per heavy atom. The maximum absolute atomic E-state index is 12.4. The normalized spacial score (nSPS) is 17.4. The van der Waals surface area contributed by atoms with Crippen molar-refractivity contribution in [2.75, 3.05) is 19.7 Å². The number of hydrogen-bond donors (Lipinski definition) is 2. The molecule has 1 aliphatic carbocycles. The Balaban J connectivity index is 1.44. The smallest absolute Gasteiger partial charge is 0.256 e. The van der Waals surface area contributed by atoms with Crippen LogP contribution in [0.25, 0.3) is 0 Å². The first-order valence-electron chi connectivity index (χ1n) is 11.6. The Kier molecular flexibility index (Phi) is 8.31. The summed E-state index contributed by atoms with van der Waals surface area (Å²) < 4.78 is 11.3. The minimum absolute atomic E-state index is 0.0658. The van der Waals surface area contributed by atoms with Gasteiger partial charge in [-0.05, 0) is 55.4 Å². The van der Waals surface area contributed by atoms with Crippen LogP contribution in [0.15, 0.2) is 35.0 Å². The first-order chi connectivity index (χ1) is 15.3. The van der Waals surface area contributed by atoms with Gasteiger partial charge in [-0.1, -0.05) is 32.9 Å². The van der Waals surface area contributed by atoms with Crippen molar-refractivity contribution in [3.63, 3.8) is 0 Å². The highest BCUT2D eigenvalue weighted by Gasteiger charge is 2.44. The molecule has 174 valence electrons. The second kappa shape index (κ2) is 11.2. The number of carbonyl (C=O) groups excluding carboxylic acids is 2. The van der Waals surface area contributed by atoms with Crippen LogP contribution >= 0.6 is 0 Å². The van der Waals surface area contributed by atoms with Gasteiger partial charge in [-0.15, -0.1) is 0 Å². The summed E-state index contributed by atoms with van der Waals surface area (Å²) >= 11 is 0. The van der Waals surface area contributed by atoms with E-state index in [1.807, 2.05) is 12.1 Å². The van der Waals surface area contributed by atoms with Gasteiger partial charge in [-0.2, -0.15) is 0 Å². The van der Waals surface area contributed by atoms with Crippen LogP contribution in [0.2, 0.25) is 0 Å². The van der Waals surface area contributed by atoms with Crippen LogP contribution in [0.5, 0.6) is 5.75 Å². The van der Waals surface area contributed by atoms with E-state index >= 15 is 0 Å². The molecule has 3 rings (SSSR count). The van der Waals surface area contributed by atoms with Gasteiger partial charge in [0, 0.05) is 30.5 Å². The molecular formula is C25H35N3O4. The highest BCUT2D eigenvalue weighted by molar-refractivity contribution is 5.95. The Labute approximate surface area is 190 Å². The maximum atomic E-state index is 12.4. The van der Waals surface area contributed by atoms with Crippen molar-refractivity contribution in [1.29, 1.82) is 0 Å². The summed E-state index contributed by atoms with van der Waals surface area (Å²) in [6.07, 6.45) is 4.30. The van der Waals surface area contributed by atoms with Gasteiger partial charge in [0.2, 0.25) is 0 Å². The highest BCUT2D eigenvalue weighted by Crippen LogP contribution is 2.48. The molecular weight excluding hydrogens is 406 g/mol. The summed E-state index contributed by atoms with van der Waals surface area (Å²) in [5, 5.41) is 9.72. The van der Waals surface area contributed by atoms with Gasteiger partial charge in [0.15, 0.2) is 5.76 Å². The van der Waals surface area contributed by atoms with Gasteiger partial charge in [0.1, 0.15) is 11.3 Å². The largest absolute Gasteiger partial charge is 0.493 e. The second-order valence-electron chi connectivity index (χ2n) is 9.42. The number of ether oxygens (including phenoxy) is 1. The molecule has 0 saturated heterocycles. The van der Waals surface area contributed by atoms with Crippen molar-refractivity contribution < 1.29 is 18.8 Å². The Morgan fingerprint density at radius 3 is 2.28 bits per heavy atom. The third kappa shape index (κ3) is 6.84. The fourth-order valence-electron chi connectivity index (χ4n) is 3.49. The lowest BCUT2D eigenvalue weighted by molar-refractivity contribution is 0.0942. The van der Waals surface area contributed by atoms with Gasteiger partial charge in [0.25, 0.3) is 11.8 Å². The van der Waals surface area contributed by atoms with Gasteiger partial charge < -0.3 is 19.9 Å². The lowest BCUT2D eigenvalue weighted by Gasteiger charge is -2.09. The number of benzene rings is 1. The average molecular weight is 442 g/mol. The van der Waals surface area contributed by atoms with E-state index in [1.54, 1.807) is 12.1 Å². The van der Waals surface area contributed by atoms with E-state index in [9.17, 15) is 9.59 Å². The summed E-state index contributed by atoms with van der Waals surface area (Å²) in [6.45, 7) is 10.4. The number of nitrogens with zero attached hydrogens (tertiary/aromatic N) is 1. The molecule has 1 aliphatic rings.